The molecule has 1 aliphatic rings. The largest absolute Gasteiger partial charge is 0.457 e. The highest BCUT2D eigenvalue weighted by Crippen LogP contribution is 2.46. The third-order valence-corrected chi connectivity index (χ3v) is 5.82. The van der Waals surface area contributed by atoms with Crippen LogP contribution in [0.2, 0.25) is 0 Å². The summed E-state index contributed by atoms with van der Waals surface area (Å²) in [6.07, 6.45) is 0.567. The minimum absolute atomic E-state index is 0.00394. The van der Waals surface area contributed by atoms with E-state index in [2.05, 4.69) is 0 Å². The van der Waals surface area contributed by atoms with Crippen molar-refractivity contribution in [3.05, 3.63) is 70.8 Å². The fourth-order valence-electron chi connectivity index (χ4n) is 3.08. The van der Waals surface area contributed by atoms with Gasteiger partial charge < -0.3 is 9.64 Å². The van der Waals surface area contributed by atoms with Crippen LogP contribution in [0.15, 0.2) is 70.1 Å². The van der Waals surface area contributed by atoms with E-state index in [9.17, 15) is 14.9 Å². The van der Waals surface area contributed by atoms with E-state index >= 15 is 0 Å². The van der Waals surface area contributed by atoms with Crippen LogP contribution in [-0.4, -0.2) is 25.4 Å². The van der Waals surface area contributed by atoms with Crippen LogP contribution >= 0.6 is 11.8 Å². The summed E-state index contributed by atoms with van der Waals surface area (Å²) in [6, 6.07) is 19.0. The number of esters is 1. The summed E-state index contributed by atoms with van der Waals surface area (Å²) in [5.74, 6) is -1.39. The average Bonchev–Trinajstić information content (AvgIpc) is 3.05. The Kier molecular flexibility index (Phi) is 6.17. The van der Waals surface area contributed by atoms with Crippen molar-refractivity contribution in [2.45, 2.75) is 24.2 Å². The van der Waals surface area contributed by atoms with Gasteiger partial charge in [-0.2, -0.15) is 5.26 Å². The number of nitriles is 1. The second-order valence-electron chi connectivity index (χ2n) is 6.32. The number of rotatable bonds is 6. The molecule has 0 bridgehead atoms. The molecule has 0 fully saturated rings. The zero-order valence-electron chi connectivity index (χ0n) is 15.7. The van der Waals surface area contributed by atoms with Crippen LogP contribution in [0.1, 0.15) is 24.8 Å². The highest BCUT2D eigenvalue weighted by atomic mass is 32.2. The SMILES string of the molecule is CC[C@@H](C(=O)OCC(=O)/C(C#N)=C1\Sc2ccccc2N1C)c1ccccc1. The minimum Gasteiger partial charge on any atom is -0.457 e. The van der Waals surface area contributed by atoms with Gasteiger partial charge in [0.05, 0.1) is 11.6 Å². The van der Waals surface area contributed by atoms with Gasteiger partial charge in [-0.05, 0) is 24.1 Å². The van der Waals surface area contributed by atoms with Crippen LogP contribution in [0.3, 0.4) is 0 Å². The average molecular weight is 392 g/mol. The number of ketones is 1. The summed E-state index contributed by atoms with van der Waals surface area (Å²) >= 11 is 1.37. The van der Waals surface area contributed by atoms with E-state index in [0.29, 0.717) is 11.4 Å². The molecule has 0 saturated carbocycles. The van der Waals surface area contributed by atoms with Gasteiger partial charge in [-0.1, -0.05) is 61.2 Å². The van der Waals surface area contributed by atoms with Gasteiger partial charge in [-0.25, -0.2) is 0 Å². The highest BCUT2D eigenvalue weighted by molar-refractivity contribution is 8.03. The molecule has 1 aliphatic heterocycles. The first-order valence-corrected chi connectivity index (χ1v) is 9.78. The summed E-state index contributed by atoms with van der Waals surface area (Å²) in [7, 11) is 1.81. The third-order valence-electron chi connectivity index (χ3n) is 4.58. The van der Waals surface area contributed by atoms with Gasteiger partial charge >= 0.3 is 5.97 Å². The number of benzene rings is 2. The predicted octanol–water partition coefficient (Wildman–Crippen LogP) is 4.27. The monoisotopic (exact) mass is 392 g/mol. The summed E-state index contributed by atoms with van der Waals surface area (Å²) in [5, 5.41) is 10.1. The van der Waals surface area contributed by atoms with Gasteiger partial charge in [0.15, 0.2) is 6.61 Å². The zero-order chi connectivity index (χ0) is 20.1. The fraction of sp³-hybridized carbons (Fsp3) is 0.227. The molecular formula is C22H20N2O3S. The van der Waals surface area contributed by atoms with E-state index in [1.807, 2.05) is 79.5 Å². The van der Waals surface area contributed by atoms with Gasteiger partial charge in [0, 0.05) is 11.9 Å². The lowest BCUT2D eigenvalue weighted by molar-refractivity contribution is -0.148. The number of para-hydroxylation sites is 1. The summed E-state index contributed by atoms with van der Waals surface area (Å²) in [4.78, 5) is 27.9. The van der Waals surface area contributed by atoms with E-state index in [1.165, 1.54) is 11.8 Å². The number of Topliss-reactive ketones (excluding diaryl/α,β-unsaturated/α-hetero) is 1. The smallest absolute Gasteiger partial charge is 0.313 e. The molecule has 0 N–H and O–H groups in total. The summed E-state index contributed by atoms with van der Waals surface area (Å²) in [6.45, 7) is 1.45. The Hall–Kier alpha value is -3.04. The number of fused-ring (bicyclic) bond motifs is 1. The van der Waals surface area contributed by atoms with Gasteiger partial charge in [-0.3, -0.25) is 9.59 Å². The fourth-order valence-corrected chi connectivity index (χ4v) is 4.25. The first-order chi connectivity index (χ1) is 13.6. The zero-order valence-corrected chi connectivity index (χ0v) is 16.5. The van der Waals surface area contributed by atoms with Crippen molar-refractivity contribution in [2.24, 2.45) is 0 Å². The summed E-state index contributed by atoms with van der Waals surface area (Å²) < 4.78 is 5.26. The molecule has 0 radical (unpaired) electrons. The van der Waals surface area contributed by atoms with Crippen molar-refractivity contribution < 1.29 is 14.3 Å². The molecule has 2 aromatic rings. The van der Waals surface area contributed by atoms with Crippen molar-refractivity contribution >= 4 is 29.2 Å². The van der Waals surface area contributed by atoms with Gasteiger partial charge in [0.2, 0.25) is 5.78 Å². The number of ether oxygens (including phenoxy) is 1. The van der Waals surface area contributed by atoms with Crippen molar-refractivity contribution in [2.75, 3.05) is 18.6 Å². The number of thioether (sulfide) groups is 1. The first-order valence-electron chi connectivity index (χ1n) is 8.96. The van der Waals surface area contributed by atoms with Gasteiger partial charge in [-0.15, -0.1) is 0 Å². The number of carbonyl (C=O) groups excluding carboxylic acids is 2. The van der Waals surface area contributed by atoms with Crippen LogP contribution in [0.25, 0.3) is 0 Å². The molecule has 0 spiro atoms. The van der Waals surface area contributed by atoms with Crippen LogP contribution in [0.4, 0.5) is 5.69 Å². The number of nitrogens with zero attached hydrogens (tertiary/aromatic N) is 2. The Labute approximate surface area is 168 Å². The van der Waals surface area contributed by atoms with E-state index in [0.717, 1.165) is 16.1 Å². The Balaban J connectivity index is 1.72. The summed E-state index contributed by atoms with van der Waals surface area (Å²) in [5.41, 5.74) is 1.79. The number of hydrogen-bond donors (Lipinski definition) is 0. The number of anilines is 1. The Bertz CT molecular complexity index is 963. The quantitative estimate of drug-likeness (QED) is 0.415. The van der Waals surface area contributed by atoms with Crippen LogP contribution in [0.5, 0.6) is 0 Å². The van der Waals surface area contributed by atoms with Gasteiger partial charge in [0.25, 0.3) is 0 Å². The molecule has 142 valence electrons. The standard InChI is InChI=1S/C22H20N2O3S/c1-3-16(15-9-5-4-6-10-15)22(26)27-14-19(25)17(13-23)21-24(2)18-11-7-8-12-20(18)28-21/h4-12,16H,3,14H2,1-2H3/b21-17-/t16-/m1/s1. The molecule has 0 aromatic heterocycles. The van der Waals surface area contributed by atoms with Crippen LogP contribution in [0, 0.1) is 11.3 Å². The van der Waals surface area contributed by atoms with Crippen LogP contribution in [-0.2, 0) is 14.3 Å². The van der Waals surface area contributed by atoms with E-state index < -0.39 is 24.3 Å². The lowest BCUT2D eigenvalue weighted by Gasteiger charge is -2.16. The molecule has 1 atom stereocenters. The van der Waals surface area contributed by atoms with Crippen molar-refractivity contribution in [3.63, 3.8) is 0 Å². The topological polar surface area (TPSA) is 70.4 Å². The Morgan fingerprint density at radius 2 is 1.82 bits per heavy atom. The predicted molar refractivity (Wildman–Crippen MR) is 109 cm³/mol. The lowest BCUT2D eigenvalue weighted by Crippen LogP contribution is -2.22. The molecule has 0 amide bonds. The maximum atomic E-state index is 12.6. The molecule has 5 nitrogen and oxygen atoms in total. The maximum absolute atomic E-state index is 12.6. The molecule has 28 heavy (non-hydrogen) atoms. The van der Waals surface area contributed by atoms with E-state index in [1.54, 1.807) is 0 Å². The third kappa shape index (κ3) is 3.95. The van der Waals surface area contributed by atoms with Crippen molar-refractivity contribution in [3.8, 4) is 6.07 Å². The van der Waals surface area contributed by atoms with Gasteiger partial charge in [0.1, 0.15) is 16.7 Å². The maximum Gasteiger partial charge on any atom is 0.313 e. The first kappa shape index (κ1) is 19.7. The Morgan fingerprint density at radius 1 is 1.14 bits per heavy atom. The Morgan fingerprint density at radius 3 is 2.46 bits per heavy atom. The molecule has 0 unspecified atom stereocenters. The molecular weight excluding hydrogens is 372 g/mol. The van der Waals surface area contributed by atoms with Crippen molar-refractivity contribution in [1.82, 2.24) is 0 Å². The molecule has 0 aliphatic carbocycles. The minimum atomic E-state index is -0.499. The molecule has 2 aromatic carbocycles. The lowest BCUT2D eigenvalue weighted by atomic mass is 9.97. The number of carbonyl (C=O) groups is 2. The molecule has 0 saturated heterocycles. The normalized spacial score (nSPS) is 15.4. The second-order valence-corrected chi connectivity index (χ2v) is 7.35. The highest BCUT2D eigenvalue weighted by Gasteiger charge is 2.29. The molecule has 6 heteroatoms. The molecule has 1 heterocycles. The van der Waals surface area contributed by atoms with Crippen molar-refractivity contribution in [1.29, 1.82) is 5.26 Å². The van der Waals surface area contributed by atoms with E-state index in [4.69, 9.17) is 4.74 Å². The second kappa shape index (κ2) is 8.77. The van der Waals surface area contributed by atoms with E-state index in [-0.39, 0.29) is 5.57 Å². The molecule has 3 rings (SSSR count). The number of hydrogen-bond acceptors (Lipinski definition) is 6. The van der Waals surface area contributed by atoms with Crippen LogP contribution < -0.4 is 4.90 Å².